The number of anilines is 1. The van der Waals surface area contributed by atoms with Crippen LogP contribution in [0.25, 0.3) is 0 Å². The molecule has 21 heavy (non-hydrogen) atoms. The third-order valence-electron chi connectivity index (χ3n) is 2.99. The summed E-state index contributed by atoms with van der Waals surface area (Å²) in [6.45, 7) is 0.171. The highest BCUT2D eigenvalue weighted by Gasteiger charge is 2.33. The Bertz CT molecular complexity index is 618. The Morgan fingerprint density at radius 1 is 1.38 bits per heavy atom. The van der Waals surface area contributed by atoms with Gasteiger partial charge in [-0.2, -0.15) is 17.4 Å². The predicted molar refractivity (Wildman–Crippen MR) is 74.6 cm³/mol. The molecule has 0 radical (unpaired) electrons. The van der Waals surface area contributed by atoms with Crippen LogP contribution in [0.2, 0.25) is 0 Å². The van der Waals surface area contributed by atoms with Crippen molar-refractivity contribution in [2.45, 2.75) is 6.10 Å². The summed E-state index contributed by atoms with van der Waals surface area (Å²) in [6, 6.07) is 5.40. The second-order valence-corrected chi connectivity index (χ2v) is 6.70. The number of ether oxygens (including phenoxy) is 1. The number of cyclic esters (lactones) is 1. The van der Waals surface area contributed by atoms with Crippen molar-refractivity contribution in [2.75, 3.05) is 32.1 Å². The Balaban J connectivity index is 1.98. The molecule has 1 saturated heterocycles. The van der Waals surface area contributed by atoms with Crippen molar-refractivity contribution in [3.63, 3.8) is 0 Å². The molecule has 1 N–H and O–H groups in total. The van der Waals surface area contributed by atoms with Crippen molar-refractivity contribution in [3.8, 4) is 0 Å². The maximum atomic E-state index is 12.9. The van der Waals surface area contributed by atoms with Crippen LogP contribution in [0.1, 0.15) is 0 Å². The second kappa shape index (κ2) is 5.96. The molecule has 0 saturated carbocycles. The number of carbonyl (C=O) groups excluding carboxylic acids is 1. The van der Waals surface area contributed by atoms with Crippen LogP contribution >= 0.6 is 0 Å². The number of carbonyl (C=O) groups is 1. The van der Waals surface area contributed by atoms with Crippen LogP contribution in [0.15, 0.2) is 24.3 Å². The zero-order chi connectivity index (χ0) is 15.6. The molecule has 0 aliphatic carbocycles. The lowest BCUT2D eigenvalue weighted by atomic mass is 10.2. The zero-order valence-corrected chi connectivity index (χ0v) is 12.4. The molecular weight excluding hydrogens is 301 g/mol. The van der Waals surface area contributed by atoms with E-state index in [1.165, 1.54) is 43.3 Å². The van der Waals surface area contributed by atoms with Crippen LogP contribution < -0.4 is 9.62 Å². The van der Waals surface area contributed by atoms with E-state index in [-0.39, 0.29) is 13.1 Å². The van der Waals surface area contributed by atoms with Crippen molar-refractivity contribution < 1.29 is 22.3 Å². The van der Waals surface area contributed by atoms with E-state index >= 15 is 0 Å². The van der Waals surface area contributed by atoms with Crippen LogP contribution in [-0.2, 0) is 14.9 Å². The molecule has 1 atom stereocenters. The minimum absolute atomic E-state index is 0.0239. The van der Waals surface area contributed by atoms with Crippen molar-refractivity contribution in [3.05, 3.63) is 30.1 Å². The summed E-state index contributed by atoms with van der Waals surface area (Å²) in [4.78, 5) is 13.1. The monoisotopic (exact) mass is 317 g/mol. The lowest BCUT2D eigenvalue weighted by Crippen LogP contribution is -2.40. The van der Waals surface area contributed by atoms with Gasteiger partial charge in [0.05, 0.1) is 13.1 Å². The molecule has 2 rings (SSSR count). The fraction of sp³-hybridized carbons (Fsp3) is 0.417. The van der Waals surface area contributed by atoms with Crippen LogP contribution in [0.3, 0.4) is 0 Å². The number of nitrogens with one attached hydrogen (secondary N) is 1. The first-order valence-corrected chi connectivity index (χ1v) is 7.64. The summed E-state index contributed by atoms with van der Waals surface area (Å²) in [5, 5.41) is 0. The molecule has 1 aromatic carbocycles. The van der Waals surface area contributed by atoms with E-state index in [0.717, 1.165) is 4.31 Å². The summed E-state index contributed by atoms with van der Waals surface area (Å²) in [6.07, 6.45) is -1.19. The topological polar surface area (TPSA) is 79.0 Å². The summed E-state index contributed by atoms with van der Waals surface area (Å²) < 4.78 is 44.5. The third-order valence-corrected chi connectivity index (χ3v) is 4.48. The molecule has 0 bridgehead atoms. The van der Waals surface area contributed by atoms with Gasteiger partial charge in [0.1, 0.15) is 11.9 Å². The van der Waals surface area contributed by atoms with Crippen molar-refractivity contribution in [1.29, 1.82) is 0 Å². The number of halogens is 1. The van der Waals surface area contributed by atoms with Gasteiger partial charge in [-0.05, 0) is 24.3 Å². The highest BCUT2D eigenvalue weighted by molar-refractivity contribution is 7.87. The molecule has 1 amide bonds. The van der Waals surface area contributed by atoms with E-state index < -0.39 is 28.2 Å². The van der Waals surface area contributed by atoms with Gasteiger partial charge in [0.15, 0.2) is 0 Å². The number of benzene rings is 1. The molecule has 9 heteroatoms. The molecule has 1 aromatic rings. The first kappa shape index (κ1) is 15.7. The van der Waals surface area contributed by atoms with Crippen molar-refractivity contribution >= 4 is 22.0 Å². The fourth-order valence-electron chi connectivity index (χ4n) is 1.79. The van der Waals surface area contributed by atoms with E-state index in [1.54, 1.807) is 0 Å². The Morgan fingerprint density at radius 2 is 2.00 bits per heavy atom. The van der Waals surface area contributed by atoms with E-state index in [2.05, 4.69) is 4.72 Å². The van der Waals surface area contributed by atoms with E-state index in [1.807, 2.05) is 0 Å². The fourth-order valence-corrected chi connectivity index (χ4v) is 2.44. The number of hydrogen-bond acceptors (Lipinski definition) is 4. The minimum atomic E-state index is -3.57. The Labute approximate surface area is 122 Å². The van der Waals surface area contributed by atoms with Gasteiger partial charge in [-0.15, -0.1) is 0 Å². The lowest BCUT2D eigenvalue weighted by Gasteiger charge is -2.15. The van der Waals surface area contributed by atoms with Crippen molar-refractivity contribution in [1.82, 2.24) is 9.03 Å². The largest absolute Gasteiger partial charge is 0.443 e. The van der Waals surface area contributed by atoms with Gasteiger partial charge in [-0.1, -0.05) is 0 Å². The van der Waals surface area contributed by atoms with E-state index in [9.17, 15) is 17.6 Å². The van der Waals surface area contributed by atoms with Crippen LogP contribution in [-0.4, -0.2) is 52.1 Å². The van der Waals surface area contributed by atoms with Crippen LogP contribution in [0.4, 0.5) is 14.9 Å². The summed E-state index contributed by atoms with van der Waals surface area (Å²) in [7, 11) is -0.774. The highest BCUT2D eigenvalue weighted by Crippen LogP contribution is 2.21. The molecule has 1 heterocycles. The number of amides is 1. The normalized spacial score (nSPS) is 19.1. The molecule has 0 aromatic heterocycles. The number of rotatable bonds is 5. The zero-order valence-electron chi connectivity index (χ0n) is 11.6. The maximum Gasteiger partial charge on any atom is 0.414 e. The highest BCUT2D eigenvalue weighted by atomic mass is 32.2. The van der Waals surface area contributed by atoms with Gasteiger partial charge < -0.3 is 4.74 Å². The smallest absolute Gasteiger partial charge is 0.414 e. The molecule has 1 aliphatic heterocycles. The molecule has 1 aliphatic rings. The summed E-state index contributed by atoms with van der Waals surface area (Å²) in [5.41, 5.74) is 0.499. The minimum Gasteiger partial charge on any atom is -0.443 e. The summed E-state index contributed by atoms with van der Waals surface area (Å²) >= 11 is 0. The average Bonchev–Trinajstić information content (AvgIpc) is 2.79. The third kappa shape index (κ3) is 3.69. The number of hydrogen-bond donors (Lipinski definition) is 1. The van der Waals surface area contributed by atoms with E-state index in [0.29, 0.717) is 5.69 Å². The Morgan fingerprint density at radius 3 is 2.57 bits per heavy atom. The van der Waals surface area contributed by atoms with Crippen LogP contribution in [0, 0.1) is 5.82 Å². The first-order chi connectivity index (χ1) is 9.79. The van der Waals surface area contributed by atoms with Gasteiger partial charge >= 0.3 is 6.09 Å². The second-order valence-electron chi connectivity index (χ2n) is 4.73. The van der Waals surface area contributed by atoms with Gasteiger partial charge in [-0.25, -0.2) is 9.18 Å². The maximum absolute atomic E-state index is 12.9. The standard InChI is InChI=1S/C12H16FN3O4S/c1-15(2)21(18,19)14-7-11-8-16(12(17)20-11)10-5-3-9(13)4-6-10/h3-6,11,14H,7-8H2,1-2H3. The molecule has 116 valence electrons. The van der Waals surface area contributed by atoms with Gasteiger partial charge in [0, 0.05) is 19.8 Å². The quantitative estimate of drug-likeness (QED) is 0.860. The lowest BCUT2D eigenvalue weighted by molar-refractivity contribution is 0.143. The van der Waals surface area contributed by atoms with Gasteiger partial charge in [-0.3, -0.25) is 4.90 Å². The van der Waals surface area contributed by atoms with Crippen molar-refractivity contribution in [2.24, 2.45) is 0 Å². The van der Waals surface area contributed by atoms with Gasteiger partial charge in [0.2, 0.25) is 0 Å². The first-order valence-electron chi connectivity index (χ1n) is 6.20. The molecule has 1 unspecified atom stereocenters. The number of nitrogens with zero attached hydrogens (tertiary/aromatic N) is 2. The predicted octanol–water partition coefficient (Wildman–Crippen LogP) is 0.547. The van der Waals surface area contributed by atoms with E-state index in [4.69, 9.17) is 4.74 Å². The molecular formula is C12H16FN3O4S. The summed E-state index contributed by atoms with van der Waals surface area (Å²) in [5.74, 6) is -0.401. The van der Waals surface area contributed by atoms with Gasteiger partial charge in [0.25, 0.3) is 10.2 Å². The Hall–Kier alpha value is -1.71. The molecule has 1 fully saturated rings. The van der Waals surface area contributed by atoms with Crippen LogP contribution in [0.5, 0.6) is 0 Å². The molecule has 7 nitrogen and oxygen atoms in total. The average molecular weight is 317 g/mol. The SMILES string of the molecule is CN(C)S(=O)(=O)NCC1CN(c2ccc(F)cc2)C(=O)O1. The Kier molecular flexibility index (Phi) is 4.45. The molecule has 0 spiro atoms.